The summed E-state index contributed by atoms with van der Waals surface area (Å²) in [6.45, 7) is 7.79. The van der Waals surface area contributed by atoms with Gasteiger partial charge in [-0.05, 0) is 63.2 Å². The summed E-state index contributed by atoms with van der Waals surface area (Å²) in [5.74, 6) is 1.59. The van der Waals surface area contributed by atoms with Crippen LogP contribution in [-0.2, 0) is 0 Å². The van der Waals surface area contributed by atoms with Gasteiger partial charge in [0.25, 0.3) is 0 Å². The van der Waals surface area contributed by atoms with Crippen molar-refractivity contribution in [2.45, 2.75) is 32.7 Å². The van der Waals surface area contributed by atoms with Gasteiger partial charge < -0.3 is 15.0 Å². The highest BCUT2D eigenvalue weighted by Crippen LogP contribution is 2.37. The summed E-state index contributed by atoms with van der Waals surface area (Å²) in [7, 11) is 1.71. The van der Waals surface area contributed by atoms with Crippen molar-refractivity contribution >= 4 is 37.5 Å². The normalized spacial score (nSPS) is 19.7. The molecule has 0 radical (unpaired) electrons. The Morgan fingerprint density at radius 2 is 2.10 bits per heavy atom. The minimum atomic E-state index is 0.550. The molecule has 1 atom stereocenters. The molecule has 1 aliphatic heterocycles. The lowest BCUT2D eigenvalue weighted by Crippen LogP contribution is -2.38. The minimum absolute atomic E-state index is 0.550. The van der Waals surface area contributed by atoms with E-state index in [2.05, 4.69) is 68.1 Å². The minimum Gasteiger partial charge on any atom is -0.495 e. The second-order valence-electron chi connectivity index (χ2n) is 6.02. The summed E-state index contributed by atoms with van der Waals surface area (Å²) in [6.07, 6.45) is 2.38. The second kappa shape index (κ2) is 7.84. The summed E-state index contributed by atoms with van der Waals surface area (Å²) >= 11 is 7.23. The lowest BCUT2D eigenvalue weighted by molar-refractivity contribution is 0.411. The highest BCUT2D eigenvalue weighted by Gasteiger charge is 2.21. The van der Waals surface area contributed by atoms with Crippen molar-refractivity contribution in [3.63, 3.8) is 0 Å². The fourth-order valence-corrected chi connectivity index (χ4v) is 4.27. The fourth-order valence-electron chi connectivity index (χ4n) is 2.86. The van der Waals surface area contributed by atoms with E-state index < -0.39 is 0 Å². The van der Waals surface area contributed by atoms with Crippen molar-refractivity contribution in [1.82, 2.24) is 5.32 Å². The molecule has 0 bridgehead atoms. The summed E-state index contributed by atoms with van der Waals surface area (Å²) in [4.78, 5) is 2.46. The van der Waals surface area contributed by atoms with Gasteiger partial charge in [-0.25, -0.2) is 0 Å². The smallest absolute Gasteiger partial charge is 0.135 e. The third-order valence-corrected chi connectivity index (χ3v) is 5.05. The van der Waals surface area contributed by atoms with Gasteiger partial charge >= 0.3 is 0 Å². The highest BCUT2D eigenvalue weighted by atomic mass is 79.9. The van der Waals surface area contributed by atoms with E-state index in [4.69, 9.17) is 4.74 Å². The first-order valence-electron chi connectivity index (χ1n) is 7.52. The molecular formula is C16H24Br2N2O. The standard InChI is InChI=1S/C16H24Br2N2O/c1-11(2)7-12-10-20(6-4-5-19-12)15-9-16(21-3)14(18)8-13(15)17/h8-9,11-12,19H,4-7,10H2,1-3H3. The molecular weight excluding hydrogens is 396 g/mol. The van der Waals surface area contributed by atoms with Crippen LogP contribution in [0.4, 0.5) is 5.69 Å². The number of halogens is 2. The molecule has 2 rings (SSSR count). The molecule has 0 spiro atoms. The summed E-state index contributed by atoms with van der Waals surface area (Å²) < 4.78 is 7.53. The van der Waals surface area contributed by atoms with Crippen LogP contribution in [0.15, 0.2) is 21.1 Å². The van der Waals surface area contributed by atoms with E-state index in [1.165, 1.54) is 18.5 Å². The molecule has 1 saturated heterocycles. The van der Waals surface area contributed by atoms with Gasteiger partial charge in [0.05, 0.1) is 17.3 Å². The van der Waals surface area contributed by atoms with Gasteiger partial charge in [-0.15, -0.1) is 0 Å². The topological polar surface area (TPSA) is 24.5 Å². The first-order chi connectivity index (χ1) is 10.0. The summed E-state index contributed by atoms with van der Waals surface area (Å²) in [5, 5.41) is 3.67. The highest BCUT2D eigenvalue weighted by molar-refractivity contribution is 9.11. The maximum atomic E-state index is 5.44. The van der Waals surface area contributed by atoms with Crippen LogP contribution in [0.1, 0.15) is 26.7 Å². The van der Waals surface area contributed by atoms with Crippen molar-refractivity contribution in [3.05, 3.63) is 21.1 Å². The van der Waals surface area contributed by atoms with Gasteiger partial charge in [-0.2, -0.15) is 0 Å². The number of nitrogens with one attached hydrogen (secondary N) is 1. The molecule has 3 nitrogen and oxygen atoms in total. The van der Waals surface area contributed by atoms with Crippen LogP contribution in [0.3, 0.4) is 0 Å². The van der Waals surface area contributed by atoms with Crippen molar-refractivity contribution < 1.29 is 4.74 Å². The van der Waals surface area contributed by atoms with Crippen LogP contribution in [0, 0.1) is 5.92 Å². The van der Waals surface area contributed by atoms with Crippen LogP contribution < -0.4 is 15.0 Å². The number of hydrogen-bond acceptors (Lipinski definition) is 3. The van der Waals surface area contributed by atoms with E-state index in [1.807, 2.05) is 0 Å². The van der Waals surface area contributed by atoms with Crippen LogP contribution in [0.5, 0.6) is 5.75 Å². The molecule has 5 heteroatoms. The number of anilines is 1. The Bertz CT molecular complexity index is 480. The number of ether oxygens (including phenoxy) is 1. The molecule has 1 aliphatic rings. The first-order valence-corrected chi connectivity index (χ1v) is 9.11. The van der Waals surface area contributed by atoms with Gasteiger partial charge in [0, 0.05) is 29.7 Å². The molecule has 1 unspecified atom stereocenters. The monoisotopic (exact) mass is 418 g/mol. The predicted octanol–water partition coefficient (Wildman–Crippen LogP) is 4.43. The SMILES string of the molecule is COc1cc(N2CCCNC(CC(C)C)C2)c(Br)cc1Br. The number of methoxy groups -OCH3 is 1. The molecule has 118 valence electrons. The first kappa shape index (κ1) is 17.1. The number of hydrogen-bond donors (Lipinski definition) is 1. The second-order valence-corrected chi connectivity index (χ2v) is 7.73. The molecule has 1 aromatic rings. The number of nitrogens with zero attached hydrogens (tertiary/aromatic N) is 1. The van der Waals surface area contributed by atoms with Crippen LogP contribution in [0.25, 0.3) is 0 Å². The molecule has 21 heavy (non-hydrogen) atoms. The zero-order valence-corrected chi connectivity index (χ0v) is 16.1. The molecule has 1 heterocycles. The van der Waals surface area contributed by atoms with E-state index in [0.717, 1.165) is 34.3 Å². The average Bonchev–Trinajstić information content (AvgIpc) is 2.64. The van der Waals surface area contributed by atoms with E-state index in [0.29, 0.717) is 12.0 Å². The van der Waals surface area contributed by atoms with Crippen molar-refractivity contribution in [2.75, 3.05) is 31.6 Å². The molecule has 0 aromatic heterocycles. The third-order valence-electron chi connectivity index (χ3n) is 3.80. The van der Waals surface area contributed by atoms with Gasteiger partial charge in [-0.1, -0.05) is 13.8 Å². The Hall–Kier alpha value is -0.260. The van der Waals surface area contributed by atoms with Crippen molar-refractivity contribution in [3.8, 4) is 5.75 Å². The maximum Gasteiger partial charge on any atom is 0.135 e. The van der Waals surface area contributed by atoms with Gasteiger partial charge in [0.1, 0.15) is 5.75 Å². The molecule has 1 N–H and O–H groups in total. The van der Waals surface area contributed by atoms with Gasteiger partial charge in [0.2, 0.25) is 0 Å². The van der Waals surface area contributed by atoms with E-state index >= 15 is 0 Å². The van der Waals surface area contributed by atoms with Crippen molar-refractivity contribution in [1.29, 1.82) is 0 Å². The fraction of sp³-hybridized carbons (Fsp3) is 0.625. The van der Waals surface area contributed by atoms with E-state index in [9.17, 15) is 0 Å². The summed E-state index contributed by atoms with van der Waals surface area (Å²) in [5.41, 5.74) is 1.22. The van der Waals surface area contributed by atoms with Gasteiger partial charge in [0.15, 0.2) is 0 Å². The zero-order valence-electron chi connectivity index (χ0n) is 13.0. The molecule has 0 saturated carbocycles. The quantitative estimate of drug-likeness (QED) is 0.780. The zero-order chi connectivity index (χ0) is 15.4. The van der Waals surface area contributed by atoms with E-state index in [-0.39, 0.29) is 0 Å². The van der Waals surface area contributed by atoms with Crippen LogP contribution in [-0.4, -0.2) is 32.8 Å². The lowest BCUT2D eigenvalue weighted by atomic mass is 10.0. The van der Waals surface area contributed by atoms with Crippen molar-refractivity contribution in [2.24, 2.45) is 5.92 Å². The maximum absolute atomic E-state index is 5.44. The molecule has 1 fully saturated rings. The number of rotatable bonds is 4. The van der Waals surface area contributed by atoms with Crippen LogP contribution in [0.2, 0.25) is 0 Å². The lowest BCUT2D eigenvalue weighted by Gasteiger charge is -2.28. The number of benzene rings is 1. The predicted molar refractivity (Wildman–Crippen MR) is 96.5 cm³/mol. The Labute approximate surface area is 144 Å². The Morgan fingerprint density at radius 1 is 1.33 bits per heavy atom. The third kappa shape index (κ3) is 4.60. The largest absolute Gasteiger partial charge is 0.495 e. The average molecular weight is 420 g/mol. The Morgan fingerprint density at radius 3 is 2.76 bits per heavy atom. The molecule has 0 amide bonds. The van der Waals surface area contributed by atoms with E-state index in [1.54, 1.807) is 7.11 Å². The van der Waals surface area contributed by atoms with Gasteiger partial charge in [-0.3, -0.25) is 0 Å². The van der Waals surface area contributed by atoms with Crippen LogP contribution >= 0.6 is 31.9 Å². The Kier molecular flexibility index (Phi) is 6.38. The molecule has 0 aliphatic carbocycles. The molecule has 1 aromatic carbocycles. The summed E-state index contributed by atoms with van der Waals surface area (Å²) in [6, 6.07) is 4.74. The Balaban J connectivity index is 2.22.